The number of likely N-dealkylation sites (N-methyl/N-ethyl adjacent to an activating group) is 1. The third-order valence-electron chi connectivity index (χ3n) is 3.06. The third kappa shape index (κ3) is 2.96. The van der Waals surface area contributed by atoms with E-state index in [9.17, 15) is 9.18 Å². The molecule has 1 aromatic carbocycles. The third-order valence-corrected chi connectivity index (χ3v) is 3.06. The molecular formula is C13H18FN3O2. The van der Waals surface area contributed by atoms with E-state index in [2.05, 4.69) is 5.32 Å². The van der Waals surface area contributed by atoms with Crippen molar-refractivity contribution in [2.75, 3.05) is 36.9 Å². The Hall–Kier alpha value is -1.82. The number of carbonyl (C=O) groups excluding carboxylic acids is 1. The van der Waals surface area contributed by atoms with Crippen molar-refractivity contribution in [2.24, 2.45) is 0 Å². The number of anilines is 2. The Morgan fingerprint density at radius 1 is 1.63 bits per heavy atom. The largest absolute Gasteiger partial charge is 0.399 e. The zero-order chi connectivity index (χ0) is 13.8. The average molecular weight is 267 g/mol. The van der Waals surface area contributed by atoms with Crippen LogP contribution in [0.5, 0.6) is 0 Å². The second-order valence-corrected chi connectivity index (χ2v) is 4.39. The highest BCUT2D eigenvalue weighted by Crippen LogP contribution is 2.25. The lowest BCUT2D eigenvalue weighted by Crippen LogP contribution is -2.54. The van der Waals surface area contributed by atoms with Crippen LogP contribution in [0.2, 0.25) is 0 Å². The first-order chi connectivity index (χ1) is 9.13. The first kappa shape index (κ1) is 13.6. The minimum absolute atomic E-state index is 0.154. The van der Waals surface area contributed by atoms with Crippen molar-refractivity contribution in [3.05, 3.63) is 24.0 Å². The second kappa shape index (κ2) is 5.88. The lowest BCUT2D eigenvalue weighted by atomic mass is 10.1. The van der Waals surface area contributed by atoms with Gasteiger partial charge in [0.2, 0.25) is 5.91 Å². The summed E-state index contributed by atoms with van der Waals surface area (Å²) in [5.41, 5.74) is 6.28. The average Bonchev–Trinajstić information content (AvgIpc) is 2.39. The molecule has 1 atom stereocenters. The molecule has 0 radical (unpaired) electrons. The van der Waals surface area contributed by atoms with E-state index in [1.807, 2.05) is 6.92 Å². The van der Waals surface area contributed by atoms with Gasteiger partial charge >= 0.3 is 0 Å². The predicted octanol–water partition coefficient (Wildman–Crippen LogP) is 0.749. The number of amides is 1. The van der Waals surface area contributed by atoms with Crippen LogP contribution in [-0.2, 0) is 9.53 Å². The molecule has 0 bridgehead atoms. The standard InChI is InChI=1S/C13H18FN3O2/c1-2-16-13(18)12-8-19-6-5-17(12)11-4-3-9(15)7-10(11)14/h3-4,7,12H,2,5-6,8,15H2,1H3,(H,16,18). The molecule has 5 nitrogen and oxygen atoms in total. The van der Waals surface area contributed by atoms with E-state index in [1.165, 1.54) is 6.07 Å². The van der Waals surface area contributed by atoms with Gasteiger partial charge in [-0.1, -0.05) is 0 Å². The molecule has 1 heterocycles. The highest BCUT2D eigenvalue weighted by atomic mass is 19.1. The highest BCUT2D eigenvalue weighted by molar-refractivity contribution is 5.85. The number of hydrogen-bond donors (Lipinski definition) is 2. The van der Waals surface area contributed by atoms with Gasteiger partial charge in [0.1, 0.15) is 11.9 Å². The van der Waals surface area contributed by atoms with Crippen LogP contribution in [0.4, 0.5) is 15.8 Å². The summed E-state index contributed by atoms with van der Waals surface area (Å²) in [4.78, 5) is 13.7. The first-order valence-electron chi connectivity index (χ1n) is 6.30. The maximum atomic E-state index is 14.0. The van der Waals surface area contributed by atoms with Gasteiger partial charge in [0, 0.05) is 18.8 Å². The van der Waals surface area contributed by atoms with Crippen molar-refractivity contribution in [1.29, 1.82) is 0 Å². The zero-order valence-electron chi connectivity index (χ0n) is 10.9. The summed E-state index contributed by atoms with van der Waals surface area (Å²) in [7, 11) is 0. The fourth-order valence-electron chi connectivity index (χ4n) is 2.16. The number of ether oxygens (including phenoxy) is 1. The van der Waals surface area contributed by atoms with Gasteiger partial charge in [0.05, 0.1) is 18.9 Å². The minimum Gasteiger partial charge on any atom is -0.399 e. The molecule has 0 saturated carbocycles. The molecule has 1 aliphatic rings. The van der Waals surface area contributed by atoms with Crippen LogP contribution in [-0.4, -0.2) is 38.3 Å². The number of nitrogens with two attached hydrogens (primary N) is 1. The smallest absolute Gasteiger partial charge is 0.245 e. The van der Waals surface area contributed by atoms with Gasteiger partial charge < -0.3 is 20.7 Å². The summed E-state index contributed by atoms with van der Waals surface area (Å²) >= 11 is 0. The second-order valence-electron chi connectivity index (χ2n) is 4.39. The molecule has 1 fully saturated rings. The van der Waals surface area contributed by atoms with Crippen molar-refractivity contribution >= 4 is 17.3 Å². The zero-order valence-corrected chi connectivity index (χ0v) is 10.9. The van der Waals surface area contributed by atoms with Crippen molar-refractivity contribution in [3.8, 4) is 0 Å². The predicted molar refractivity (Wildman–Crippen MR) is 71.4 cm³/mol. The molecule has 2 rings (SSSR count). The molecule has 1 unspecified atom stereocenters. The summed E-state index contributed by atoms with van der Waals surface area (Å²) in [6.07, 6.45) is 0. The molecule has 1 aromatic rings. The molecule has 1 saturated heterocycles. The number of rotatable bonds is 3. The number of benzene rings is 1. The topological polar surface area (TPSA) is 67.6 Å². The Kier molecular flexibility index (Phi) is 4.21. The van der Waals surface area contributed by atoms with E-state index in [-0.39, 0.29) is 12.5 Å². The number of nitrogens with zero attached hydrogens (tertiary/aromatic N) is 1. The van der Waals surface area contributed by atoms with E-state index in [1.54, 1.807) is 17.0 Å². The van der Waals surface area contributed by atoms with Crippen LogP contribution in [0.3, 0.4) is 0 Å². The maximum absolute atomic E-state index is 14.0. The van der Waals surface area contributed by atoms with Gasteiger partial charge in [-0.3, -0.25) is 4.79 Å². The molecule has 0 aromatic heterocycles. The molecule has 6 heteroatoms. The molecule has 1 aliphatic heterocycles. The van der Waals surface area contributed by atoms with Crippen LogP contribution in [0, 0.1) is 5.82 Å². The maximum Gasteiger partial charge on any atom is 0.245 e. The van der Waals surface area contributed by atoms with Crippen LogP contribution in [0.25, 0.3) is 0 Å². The fourth-order valence-corrected chi connectivity index (χ4v) is 2.16. The summed E-state index contributed by atoms with van der Waals surface area (Å²) in [6.45, 7) is 3.58. The number of carbonyl (C=O) groups is 1. The van der Waals surface area contributed by atoms with Gasteiger partial charge in [-0.25, -0.2) is 4.39 Å². The van der Waals surface area contributed by atoms with Crippen molar-refractivity contribution in [1.82, 2.24) is 5.32 Å². The van der Waals surface area contributed by atoms with Gasteiger partial charge in [0.15, 0.2) is 0 Å². The van der Waals surface area contributed by atoms with E-state index in [0.717, 1.165) is 0 Å². The van der Waals surface area contributed by atoms with Crippen LogP contribution in [0.1, 0.15) is 6.92 Å². The summed E-state index contributed by atoms with van der Waals surface area (Å²) in [5.74, 6) is -0.574. The van der Waals surface area contributed by atoms with Gasteiger partial charge in [0.25, 0.3) is 0 Å². The fraction of sp³-hybridized carbons (Fsp3) is 0.462. The number of morpholine rings is 1. The Labute approximate surface area is 111 Å². The van der Waals surface area contributed by atoms with Crippen molar-refractivity contribution < 1.29 is 13.9 Å². The Morgan fingerprint density at radius 3 is 3.11 bits per heavy atom. The van der Waals surface area contributed by atoms with Crippen molar-refractivity contribution in [2.45, 2.75) is 13.0 Å². The molecule has 3 N–H and O–H groups in total. The lowest BCUT2D eigenvalue weighted by molar-refractivity contribution is -0.124. The Balaban J connectivity index is 2.26. The molecular weight excluding hydrogens is 249 g/mol. The van der Waals surface area contributed by atoms with E-state index in [0.29, 0.717) is 31.1 Å². The summed E-state index contributed by atoms with van der Waals surface area (Å²) < 4.78 is 19.3. The van der Waals surface area contributed by atoms with E-state index >= 15 is 0 Å². The first-order valence-corrected chi connectivity index (χ1v) is 6.30. The van der Waals surface area contributed by atoms with Crippen LogP contribution in [0.15, 0.2) is 18.2 Å². The van der Waals surface area contributed by atoms with Crippen molar-refractivity contribution in [3.63, 3.8) is 0 Å². The van der Waals surface area contributed by atoms with E-state index in [4.69, 9.17) is 10.5 Å². The number of hydrogen-bond acceptors (Lipinski definition) is 4. The Bertz CT molecular complexity index is 467. The highest BCUT2D eigenvalue weighted by Gasteiger charge is 2.30. The molecule has 19 heavy (non-hydrogen) atoms. The minimum atomic E-state index is -0.508. The van der Waals surface area contributed by atoms with Gasteiger partial charge in [-0.15, -0.1) is 0 Å². The summed E-state index contributed by atoms with van der Waals surface area (Å²) in [5, 5.41) is 2.74. The molecule has 104 valence electrons. The van der Waals surface area contributed by atoms with E-state index < -0.39 is 11.9 Å². The quantitative estimate of drug-likeness (QED) is 0.793. The van der Waals surface area contributed by atoms with Gasteiger partial charge in [-0.05, 0) is 25.1 Å². The lowest BCUT2D eigenvalue weighted by Gasteiger charge is -2.36. The van der Waals surface area contributed by atoms with Crippen LogP contribution >= 0.6 is 0 Å². The SMILES string of the molecule is CCNC(=O)C1COCCN1c1ccc(N)cc1F. The normalized spacial score (nSPS) is 19.3. The monoisotopic (exact) mass is 267 g/mol. The van der Waals surface area contributed by atoms with Gasteiger partial charge in [-0.2, -0.15) is 0 Å². The number of halogens is 1. The Morgan fingerprint density at radius 2 is 2.42 bits per heavy atom. The number of nitrogen functional groups attached to an aromatic ring is 1. The summed E-state index contributed by atoms with van der Waals surface area (Å²) in [6, 6.07) is 3.98. The van der Waals surface area contributed by atoms with Crippen LogP contribution < -0.4 is 16.0 Å². The molecule has 1 amide bonds. The molecule has 0 spiro atoms. The number of nitrogens with one attached hydrogen (secondary N) is 1. The molecule has 0 aliphatic carbocycles.